The number of benzene rings is 2. The Hall–Kier alpha value is -2.99. The Kier molecular flexibility index (Phi) is 4.96. The molecule has 6 heteroatoms. The minimum Gasteiger partial charge on any atom is -0.326 e. The number of carbonyl (C=O) groups is 2. The van der Waals surface area contributed by atoms with Crippen molar-refractivity contribution in [3.05, 3.63) is 64.0 Å². The first-order valence-electron chi connectivity index (χ1n) is 9.32. The third-order valence-corrected chi connectivity index (χ3v) is 5.82. The molecule has 28 heavy (non-hydrogen) atoms. The maximum Gasteiger partial charge on any atom is 0.231 e. The monoisotopic (exact) mass is 391 g/mol. The number of hydrogen-bond donors (Lipinski definition) is 2. The lowest BCUT2D eigenvalue weighted by Gasteiger charge is -2.05. The van der Waals surface area contributed by atoms with E-state index in [9.17, 15) is 9.59 Å². The molecule has 0 saturated heterocycles. The zero-order valence-corrected chi connectivity index (χ0v) is 16.6. The lowest BCUT2D eigenvalue weighted by atomic mass is 10.00. The second-order valence-corrected chi connectivity index (χ2v) is 7.86. The van der Waals surface area contributed by atoms with Crippen molar-refractivity contribution in [2.75, 3.05) is 10.6 Å². The quantitative estimate of drug-likeness (QED) is 0.667. The lowest BCUT2D eigenvalue weighted by Crippen LogP contribution is -2.14. The Balaban J connectivity index is 1.44. The van der Waals surface area contributed by atoms with E-state index < -0.39 is 0 Å². The van der Waals surface area contributed by atoms with Gasteiger partial charge in [-0.05, 0) is 48.7 Å². The van der Waals surface area contributed by atoms with Gasteiger partial charge in [-0.15, -0.1) is 11.3 Å². The van der Waals surface area contributed by atoms with Crippen molar-refractivity contribution >= 4 is 34.5 Å². The molecule has 0 aliphatic carbocycles. The summed E-state index contributed by atoms with van der Waals surface area (Å²) >= 11 is 1.47. The molecule has 0 fully saturated rings. The van der Waals surface area contributed by atoms with E-state index in [1.54, 1.807) is 0 Å². The van der Waals surface area contributed by atoms with Crippen LogP contribution in [0.1, 0.15) is 35.9 Å². The Morgan fingerprint density at radius 1 is 1.21 bits per heavy atom. The van der Waals surface area contributed by atoms with Crippen molar-refractivity contribution in [2.24, 2.45) is 0 Å². The minimum absolute atomic E-state index is 0.0229. The van der Waals surface area contributed by atoms with Crippen LogP contribution in [0.25, 0.3) is 11.3 Å². The van der Waals surface area contributed by atoms with Gasteiger partial charge in [0.2, 0.25) is 11.8 Å². The standard InChI is InChI=1S/C22H21N3O2S/c1-3-14-4-7-16(8-5-14)23-20(26)11-21-24-19(12-28-21)15-6-9-18-17(10-15)13(2)22(27)25-18/h4-10,12-13H,3,11H2,1-2H3,(H,23,26)(H,25,27)/t13-/m0/s1. The number of amides is 2. The molecule has 2 aromatic carbocycles. The van der Waals surface area contributed by atoms with Crippen LogP contribution in [0, 0.1) is 0 Å². The van der Waals surface area contributed by atoms with Crippen LogP contribution in [0.5, 0.6) is 0 Å². The van der Waals surface area contributed by atoms with E-state index in [-0.39, 0.29) is 24.2 Å². The molecule has 2 N–H and O–H groups in total. The van der Waals surface area contributed by atoms with E-state index >= 15 is 0 Å². The average molecular weight is 391 g/mol. The number of rotatable bonds is 5. The Morgan fingerprint density at radius 3 is 2.75 bits per heavy atom. The number of nitrogens with one attached hydrogen (secondary N) is 2. The predicted molar refractivity (Wildman–Crippen MR) is 113 cm³/mol. The highest BCUT2D eigenvalue weighted by Gasteiger charge is 2.26. The van der Waals surface area contributed by atoms with E-state index in [0.29, 0.717) is 0 Å². The van der Waals surface area contributed by atoms with E-state index in [2.05, 4.69) is 22.5 Å². The molecular formula is C22H21N3O2S. The number of hydrogen-bond acceptors (Lipinski definition) is 4. The van der Waals surface area contributed by atoms with Gasteiger partial charge in [0.05, 0.1) is 18.0 Å². The van der Waals surface area contributed by atoms with Crippen molar-refractivity contribution in [3.63, 3.8) is 0 Å². The van der Waals surface area contributed by atoms with E-state index in [4.69, 9.17) is 0 Å². The van der Waals surface area contributed by atoms with Gasteiger partial charge in [0.15, 0.2) is 0 Å². The topological polar surface area (TPSA) is 71.1 Å². The summed E-state index contributed by atoms with van der Waals surface area (Å²) in [4.78, 5) is 28.8. The first kappa shape index (κ1) is 18.4. The maximum atomic E-state index is 12.3. The number of fused-ring (bicyclic) bond motifs is 1. The summed E-state index contributed by atoms with van der Waals surface area (Å²) in [5, 5.41) is 8.51. The van der Waals surface area contributed by atoms with Gasteiger partial charge in [0.25, 0.3) is 0 Å². The molecular weight excluding hydrogens is 370 g/mol. The lowest BCUT2D eigenvalue weighted by molar-refractivity contribution is -0.117. The van der Waals surface area contributed by atoms with Crippen LogP contribution in [0.3, 0.4) is 0 Å². The third-order valence-electron chi connectivity index (χ3n) is 4.97. The first-order chi connectivity index (χ1) is 13.5. The Labute approximate surface area is 167 Å². The molecule has 0 spiro atoms. The van der Waals surface area contributed by atoms with E-state index in [1.807, 2.05) is 54.8 Å². The van der Waals surface area contributed by atoms with Crippen LogP contribution in [0.4, 0.5) is 11.4 Å². The second kappa shape index (κ2) is 7.56. The number of nitrogens with zero attached hydrogens (tertiary/aromatic N) is 1. The zero-order chi connectivity index (χ0) is 19.7. The SMILES string of the molecule is CCc1ccc(NC(=O)Cc2nc(-c3ccc4c(c3)[C@H](C)C(=O)N4)cs2)cc1. The molecule has 5 nitrogen and oxygen atoms in total. The van der Waals surface area contributed by atoms with Crippen molar-refractivity contribution in [1.82, 2.24) is 4.98 Å². The minimum atomic E-state index is -0.155. The molecule has 142 valence electrons. The maximum absolute atomic E-state index is 12.3. The van der Waals surface area contributed by atoms with Crippen LogP contribution in [-0.2, 0) is 22.4 Å². The van der Waals surface area contributed by atoms with Gasteiger partial charge in [-0.3, -0.25) is 9.59 Å². The molecule has 0 bridgehead atoms. The molecule has 0 unspecified atom stereocenters. The molecule has 1 aromatic heterocycles. The highest BCUT2D eigenvalue weighted by atomic mass is 32.1. The van der Waals surface area contributed by atoms with Crippen LogP contribution >= 0.6 is 11.3 Å². The summed E-state index contributed by atoms with van der Waals surface area (Å²) in [6, 6.07) is 13.8. The van der Waals surface area contributed by atoms with Crippen LogP contribution in [-0.4, -0.2) is 16.8 Å². The molecule has 2 amide bonds. The van der Waals surface area contributed by atoms with Crippen LogP contribution in [0.2, 0.25) is 0 Å². The fourth-order valence-corrected chi connectivity index (χ4v) is 4.07. The predicted octanol–water partition coefficient (Wildman–Crippen LogP) is 4.61. The molecule has 2 heterocycles. The van der Waals surface area contributed by atoms with E-state index in [1.165, 1.54) is 16.9 Å². The van der Waals surface area contributed by atoms with E-state index in [0.717, 1.165) is 39.6 Å². The van der Waals surface area contributed by atoms with Crippen LogP contribution in [0.15, 0.2) is 47.8 Å². The zero-order valence-electron chi connectivity index (χ0n) is 15.8. The summed E-state index contributed by atoms with van der Waals surface area (Å²) < 4.78 is 0. The summed E-state index contributed by atoms with van der Waals surface area (Å²) in [6.45, 7) is 4.00. The second-order valence-electron chi connectivity index (χ2n) is 6.91. The summed E-state index contributed by atoms with van der Waals surface area (Å²) in [6.07, 6.45) is 1.21. The molecule has 0 saturated carbocycles. The number of aromatic nitrogens is 1. The van der Waals surface area contributed by atoms with Gasteiger partial charge >= 0.3 is 0 Å². The van der Waals surface area contributed by atoms with Crippen LogP contribution < -0.4 is 10.6 Å². The molecule has 3 aromatic rings. The van der Waals surface area contributed by atoms with Gasteiger partial charge in [0.1, 0.15) is 5.01 Å². The first-order valence-corrected chi connectivity index (χ1v) is 10.2. The largest absolute Gasteiger partial charge is 0.326 e. The van der Waals surface area contributed by atoms with Gasteiger partial charge in [-0.25, -0.2) is 4.98 Å². The van der Waals surface area contributed by atoms with Gasteiger partial charge < -0.3 is 10.6 Å². The van der Waals surface area contributed by atoms with Crippen molar-refractivity contribution in [3.8, 4) is 11.3 Å². The van der Waals surface area contributed by atoms with Gasteiger partial charge in [0, 0.05) is 22.3 Å². The Bertz CT molecular complexity index is 1040. The number of carbonyl (C=O) groups excluding carboxylic acids is 2. The average Bonchev–Trinajstić information content (AvgIpc) is 3.27. The Morgan fingerprint density at radius 2 is 2.00 bits per heavy atom. The molecule has 0 radical (unpaired) electrons. The highest BCUT2D eigenvalue weighted by molar-refractivity contribution is 7.10. The van der Waals surface area contributed by atoms with Gasteiger partial charge in [-0.2, -0.15) is 0 Å². The number of aryl methyl sites for hydroxylation is 1. The summed E-state index contributed by atoms with van der Waals surface area (Å²) in [5.41, 5.74) is 5.68. The van der Waals surface area contributed by atoms with Crippen molar-refractivity contribution in [2.45, 2.75) is 32.6 Å². The summed E-state index contributed by atoms with van der Waals surface area (Å²) in [7, 11) is 0. The molecule has 4 rings (SSSR count). The fourth-order valence-electron chi connectivity index (χ4n) is 3.27. The smallest absolute Gasteiger partial charge is 0.231 e. The summed E-state index contributed by atoms with van der Waals surface area (Å²) in [5.74, 6) is -0.213. The molecule has 1 aliphatic rings. The third kappa shape index (κ3) is 3.68. The number of thiazole rings is 1. The number of anilines is 2. The van der Waals surface area contributed by atoms with Gasteiger partial charge in [-0.1, -0.05) is 25.1 Å². The highest BCUT2D eigenvalue weighted by Crippen LogP contribution is 2.35. The molecule has 1 aliphatic heterocycles. The normalized spacial score (nSPS) is 15.2. The fraction of sp³-hybridized carbons (Fsp3) is 0.227. The van der Waals surface area contributed by atoms with Crippen molar-refractivity contribution in [1.29, 1.82) is 0 Å². The molecule has 1 atom stereocenters. The van der Waals surface area contributed by atoms with Crippen molar-refractivity contribution < 1.29 is 9.59 Å².